The largest absolute Gasteiger partial charge is 0.343 e. The molecule has 0 radical (unpaired) electrons. The highest BCUT2D eigenvalue weighted by molar-refractivity contribution is 7.99. The number of nitriles is 1. The molecular formula is C11H12N6OS. The highest BCUT2D eigenvalue weighted by Crippen LogP contribution is 2.21. The number of aryl methyl sites for hydroxylation is 1. The van der Waals surface area contributed by atoms with E-state index in [0.29, 0.717) is 28.2 Å². The van der Waals surface area contributed by atoms with E-state index in [9.17, 15) is 4.79 Å². The van der Waals surface area contributed by atoms with Gasteiger partial charge in [-0.3, -0.25) is 4.57 Å². The third kappa shape index (κ3) is 3.00. The zero-order chi connectivity index (χ0) is 13.8. The van der Waals surface area contributed by atoms with Crippen LogP contribution in [0, 0.1) is 18.3 Å². The second kappa shape index (κ2) is 5.67. The van der Waals surface area contributed by atoms with Crippen LogP contribution in [0.15, 0.2) is 21.2 Å². The molecule has 2 heterocycles. The van der Waals surface area contributed by atoms with E-state index >= 15 is 0 Å². The molecule has 2 rings (SSSR count). The first kappa shape index (κ1) is 13.3. The lowest BCUT2D eigenvalue weighted by molar-refractivity contribution is 0.603. The summed E-state index contributed by atoms with van der Waals surface area (Å²) in [4.78, 5) is 19.8. The van der Waals surface area contributed by atoms with Crippen molar-refractivity contribution in [3.63, 3.8) is 0 Å². The van der Waals surface area contributed by atoms with Crippen LogP contribution in [0.3, 0.4) is 0 Å². The van der Waals surface area contributed by atoms with Crippen LogP contribution in [-0.2, 0) is 6.54 Å². The van der Waals surface area contributed by atoms with Crippen LogP contribution in [-0.4, -0.2) is 24.7 Å². The van der Waals surface area contributed by atoms with Gasteiger partial charge in [0, 0.05) is 12.2 Å². The summed E-state index contributed by atoms with van der Waals surface area (Å²) >= 11 is 1.17. The smallest absolute Gasteiger partial charge is 0.270 e. The number of H-pyrrole nitrogens is 1. The third-order valence-corrected chi connectivity index (χ3v) is 3.16. The molecule has 0 saturated heterocycles. The van der Waals surface area contributed by atoms with Crippen LogP contribution >= 0.6 is 11.8 Å². The summed E-state index contributed by atoms with van der Waals surface area (Å²) < 4.78 is 1.53. The van der Waals surface area contributed by atoms with Gasteiger partial charge in [0.25, 0.3) is 0 Å². The number of hydrogen-bond acceptors (Lipinski definition) is 6. The van der Waals surface area contributed by atoms with Crippen molar-refractivity contribution < 1.29 is 0 Å². The van der Waals surface area contributed by atoms with Crippen molar-refractivity contribution in [3.8, 4) is 6.07 Å². The Balaban J connectivity index is 2.34. The summed E-state index contributed by atoms with van der Waals surface area (Å²) in [5.74, 6) is 0. The average molecular weight is 276 g/mol. The van der Waals surface area contributed by atoms with Crippen LogP contribution in [0.5, 0.6) is 0 Å². The average Bonchev–Trinajstić information content (AvgIpc) is 2.71. The maximum Gasteiger partial charge on any atom is 0.343 e. The Morgan fingerprint density at radius 1 is 1.53 bits per heavy atom. The molecule has 98 valence electrons. The van der Waals surface area contributed by atoms with Gasteiger partial charge in [0.05, 0.1) is 0 Å². The van der Waals surface area contributed by atoms with Gasteiger partial charge in [-0.1, -0.05) is 6.92 Å². The molecule has 0 aromatic carbocycles. The molecule has 0 unspecified atom stereocenters. The summed E-state index contributed by atoms with van der Waals surface area (Å²) in [6.45, 7) is 4.34. The van der Waals surface area contributed by atoms with E-state index in [1.165, 1.54) is 16.3 Å². The summed E-state index contributed by atoms with van der Waals surface area (Å²) in [5, 5.41) is 16.1. The molecule has 7 nitrogen and oxygen atoms in total. The minimum Gasteiger partial charge on any atom is -0.270 e. The molecule has 8 heteroatoms. The van der Waals surface area contributed by atoms with Gasteiger partial charge in [0.2, 0.25) is 0 Å². The van der Waals surface area contributed by atoms with E-state index in [2.05, 4.69) is 20.2 Å². The predicted octanol–water partition coefficient (Wildman–Crippen LogP) is 1.10. The van der Waals surface area contributed by atoms with Gasteiger partial charge in [0.15, 0.2) is 10.3 Å². The van der Waals surface area contributed by atoms with Crippen LogP contribution in [0.2, 0.25) is 0 Å². The van der Waals surface area contributed by atoms with Crippen molar-refractivity contribution >= 4 is 11.8 Å². The van der Waals surface area contributed by atoms with Gasteiger partial charge in [-0.05, 0) is 31.2 Å². The number of nitrogens with zero attached hydrogens (tertiary/aromatic N) is 5. The van der Waals surface area contributed by atoms with E-state index in [-0.39, 0.29) is 5.69 Å². The fourth-order valence-corrected chi connectivity index (χ4v) is 2.40. The fourth-order valence-electron chi connectivity index (χ4n) is 1.53. The van der Waals surface area contributed by atoms with Gasteiger partial charge in [-0.25, -0.2) is 19.9 Å². The Morgan fingerprint density at radius 3 is 3.00 bits per heavy atom. The third-order valence-electron chi connectivity index (χ3n) is 2.30. The topological polar surface area (TPSA) is 100 Å². The zero-order valence-electron chi connectivity index (χ0n) is 10.5. The number of hydrogen-bond donors (Lipinski definition) is 1. The maximum atomic E-state index is 11.5. The highest BCUT2D eigenvalue weighted by Gasteiger charge is 2.12. The zero-order valence-corrected chi connectivity index (χ0v) is 11.4. The van der Waals surface area contributed by atoms with Gasteiger partial charge in [0.1, 0.15) is 11.8 Å². The highest BCUT2D eigenvalue weighted by atomic mass is 32.2. The Labute approximate surface area is 113 Å². The van der Waals surface area contributed by atoms with Gasteiger partial charge >= 0.3 is 5.69 Å². The molecule has 2 aromatic heterocycles. The van der Waals surface area contributed by atoms with E-state index in [1.807, 2.05) is 13.0 Å². The number of aromatic amines is 1. The Hall–Kier alpha value is -2.14. The Morgan fingerprint density at radius 2 is 2.32 bits per heavy atom. The quantitative estimate of drug-likeness (QED) is 0.839. The van der Waals surface area contributed by atoms with Crippen molar-refractivity contribution in [1.29, 1.82) is 5.26 Å². The van der Waals surface area contributed by atoms with Gasteiger partial charge < -0.3 is 0 Å². The first-order valence-corrected chi connectivity index (χ1v) is 6.54. The molecule has 0 spiro atoms. The van der Waals surface area contributed by atoms with E-state index in [4.69, 9.17) is 5.26 Å². The molecular weight excluding hydrogens is 264 g/mol. The molecule has 0 aliphatic carbocycles. The van der Waals surface area contributed by atoms with E-state index in [0.717, 1.165) is 6.42 Å². The van der Waals surface area contributed by atoms with Crippen molar-refractivity contribution in [2.75, 3.05) is 0 Å². The lowest BCUT2D eigenvalue weighted by atomic mass is 10.4. The van der Waals surface area contributed by atoms with E-state index in [1.54, 1.807) is 13.0 Å². The summed E-state index contributed by atoms with van der Waals surface area (Å²) in [7, 11) is 0. The number of aromatic nitrogens is 5. The molecule has 0 amide bonds. The molecule has 0 fully saturated rings. The summed E-state index contributed by atoms with van der Waals surface area (Å²) in [5.41, 5.74) is 0.751. The van der Waals surface area contributed by atoms with Crippen LogP contribution < -0.4 is 5.69 Å². The first-order valence-electron chi connectivity index (χ1n) is 5.73. The SMILES string of the molecule is CCCn1c(Sc2nc(C)cc(C#N)n2)n[nH]c1=O. The summed E-state index contributed by atoms with van der Waals surface area (Å²) in [6, 6.07) is 3.58. The molecule has 0 atom stereocenters. The molecule has 0 aliphatic heterocycles. The first-order chi connectivity index (χ1) is 9.13. The standard InChI is InChI=1S/C11H12N6OS/c1-3-4-17-10(18)15-16-11(17)19-9-13-7(2)5-8(6-12)14-9/h5H,3-4H2,1-2H3,(H,15,18). The van der Waals surface area contributed by atoms with Crippen molar-refractivity contribution in [2.45, 2.75) is 37.1 Å². The monoisotopic (exact) mass is 276 g/mol. The second-order valence-corrected chi connectivity index (χ2v) is 4.79. The normalized spacial score (nSPS) is 10.4. The van der Waals surface area contributed by atoms with Crippen LogP contribution in [0.25, 0.3) is 0 Å². The molecule has 0 saturated carbocycles. The molecule has 1 N–H and O–H groups in total. The minimum atomic E-state index is -0.252. The second-order valence-electron chi connectivity index (χ2n) is 3.85. The summed E-state index contributed by atoms with van der Waals surface area (Å²) in [6.07, 6.45) is 0.825. The Kier molecular flexibility index (Phi) is 3.97. The van der Waals surface area contributed by atoms with E-state index < -0.39 is 0 Å². The molecule has 2 aromatic rings. The van der Waals surface area contributed by atoms with Gasteiger partial charge in [-0.2, -0.15) is 5.26 Å². The maximum absolute atomic E-state index is 11.5. The minimum absolute atomic E-state index is 0.252. The van der Waals surface area contributed by atoms with Gasteiger partial charge in [-0.15, -0.1) is 5.10 Å². The van der Waals surface area contributed by atoms with Crippen molar-refractivity contribution in [2.24, 2.45) is 0 Å². The molecule has 0 aliphatic rings. The lowest BCUT2D eigenvalue weighted by Crippen LogP contribution is -2.17. The predicted molar refractivity (Wildman–Crippen MR) is 68.7 cm³/mol. The number of rotatable bonds is 4. The number of nitrogens with one attached hydrogen (secondary N) is 1. The van der Waals surface area contributed by atoms with Crippen molar-refractivity contribution in [3.05, 3.63) is 27.9 Å². The van der Waals surface area contributed by atoms with Crippen LogP contribution in [0.4, 0.5) is 0 Å². The van der Waals surface area contributed by atoms with Crippen LogP contribution in [0.1, 0.15) is 24.7 Å². The van der Waals surface area contributed by atoms with Crippen molar-refractivity contribution in [1.82, 2.24) is 24.7 Å². The fraction of sp³-hybridized carbons (Fsp3) is 0.364. The molecule has 0 bridgehead atoms. The lowest BCUT2D eigenvalue weighted by Gasteiger charge is -2.03. The Bertz CT molecular complexity index is 683. The molecule has 19 heavy (non-hydrogen) atoms.